The van der Waals surface area contributed by atoms with E-state index < -0.39 is 17.4 Å². The molecule has 6 rings (SSSR count). The highest BCUT2D eigenvalue weighted by Gasteiger charge is 2.32. The number of benzene rings is 2. The van der Waals surface area contributed by atoms with E-state index in [0.717, 1.165) is 63.0 Å². The van der Waals surface area contributed by atoms with Crippen LogP contribution in [0.5, 0.6) is 5.75 Å². The van der Waals surface area contributed by atoms with Crippen molar-refractivity contribution in [3.05, 3.63) is 75.8 Å². The summed E-state index contributed by atoms with van der Waals surface area (Å²) in [6.07, 6.45) is 5.40. The molecule has 9 nitrogen and oxygen atoms in total. The summed E-state index contributed by atoms with van der Waals surface area (Å²) in [6.45, 7) is 2.46. The van der Waals surface area contributed by atoms with Crippen LogP contribution in [0.3, 0.4) is 0 Å². The molecule has 3 atom stereocenters. The van der Waals surface area contributed by atoms with Crippen molar-refractivity contribution >= 4 is 16.9 Å². The second-order valence-electron chi connectivity index (χ2n) is 13.3. The molecule has 2 fully saturated rings. The number of amidine groups is 1. The number of aromatic amines is 1. The number of alkyl halides is 3. The van der Waals surface area contributed by atoms with Crippen molar-refractivity contribution in [3.8, 4) is 22.7 Å². The van der Waals surface area contributed by atoms with Gasteiger partial charge in [-0.3, -0.25) is 9.56 Å². The Morgan fingerprint density at radius 1 is 1.15 bits per heavy atom. The number of aliphatic imine (C=N–C) groups is 1. The number of fused-ring (bicyclic) bond motifs is 1. The van der Waals surface area contributed by atoms with Crippen LogP contribution in [0.4, 0.5) is 13.2 Å². The monoisotopic (exact) mass is 663 g/mol. The standard InChI is InChI=1S/C36H44F3N7O2/c1-21(40)42-14-13-27-6-4-8-31(43-27)29-12-11-28(19-33(29)48-2)46-20-25-18-32(44-34(25)45-35(46)47)24-15-22(16-26(17-24)36(37,38)39)5-3-7-30(41)23-9-10-23/h11-12,15-20,23,27,30-31,43H,3-10,13-14,41H2,1-2H3,(H2,40,42)(H,44,45,47)/t27-,30?,31-/m0/s1. The van der Waals surface area contributed by atoms with E-state index in [1.807, 2.05) is 18.2 Å². The lowest BCUT2D eigenvalue weighted by molar-refractivity contribution is -0.137. The molecule has 0 amide bonds. The van der Waals surface area contributed by atoms with E-state index in [-0.39, 0.29) is 12.1 Å². The lowest BCUT2D eigenvalue weighted by atomic mass is 9.91. The van der Waals surface area contributed by atoms with Gasteiger partial charge in [-0.2, -0.15) is 18.2 Å². The first-order valence-electron chi connectivity index (χ1n) is 16.8. The Labute approximate surface area is 278 Å². The molecular weight excluding hydrogens is 619 g/mol. The molecule has 2 aromatic carbocycles. The molecule has 4 aromatic rings. The van der Waals surface area contributed by atoms with E-state index in [2.05, 4.69) is 20.3 Å². The maximum Gasteiger partial charge on any atom is 0.416 e. The smallest absolute Gasteiger partial charge is 0.416 e. The van der Waals surface area contributed by atoms with Gasteiger partial charge in [-0.15, -0.1) is 0 Å². The second kappa shape index (κ2) is 14.1. The number of ether oxygens (including phenoxy) is 1. The van der Waals surface area contributed by atoms with E-state index in [9.17, 15) is 18.0 Å². The van der Waals surface area contributed by atoms with Gasteiger partial charge >= 0.3 is 11.9 Å². The lowest BCUT2D eigenvalue weighted by Crippen LogP contribution is -2.37. The van der Waals surface area contributed by atoms with Gasteiger partial charge in [0.1, 0.15) is 11.4 Å². The minimum atomic E-state index is -4.50. The Morgan fingerprint density at radius 3 is 2.69 bits per heavy atom. The van der Waals surface area contributed by atoms with Gasteiger partial charge in [0.25, 0.3) is 0 Å². The molecule has 12 heteroatoms. The Balaban J connectivity index is 1.25. The molecule has 6 N–H and O–H groups in total. The van der Waals surface area contributed by atoms with Crippen LogP contribution in [0.2, 0.25) is 0 Å². The van der Waals surface area contributed by atoms with Gasteiger partial charge in [0.2, 0.25) is 0 Å². The maximum absolute atomic E-state index is 13.9. The number of hydrogen-bond acceptors (Lipinski definition) is 6. The highest BCUT2D eigenvalue weighted by molar-refractivity contribution is 5.83. The molecular formula is C36H44F3N7O2. The zero-order chi connectivity index (χ0) is 34.0. The van der Waals surface area contributed by atoms with Crippen LogP contribution in [0.15, 0.2) is 58.4 Å². The molecule has 1 saturated carbocycles. The normalized spacial score (nSPS) is 19.5. The van der Waals surface area contributed by atoms with E-state index in [1.165, 1.54) is 10.6 Å². The Morgan fingerprint density at radius 2 is 1.96 bits per heavy atom. The van der Waals surface area contributed by atoms with Crippen molar-refractivity contribution in [1.82, 2.24) is 19.9 Å². The van der Waals surface area contributed by atoms with Crippen LogP contribution in [-0.4, -0.2) is 46.1 Å². The van der Waals surface area contributed by atoms with Gasteiger partial charge in [0.05, 0.1) is 24.2 Å². The van der Waals surface area contributed by atoms with Gasteiger partial charge < -0.3 is 26.5 Å². The maximum atomic E-state index is 13.9. The molecule has 0 radical (unpaired) electrons. The fraction of sp³-hybridized carbons (Fsp3) is 0.472. The number of aromatic nitrogens is 3. The zero-order valence-corrected chi connectivity index (χ0v) is 27.4. The summed E-state index contributed by atoms with van der Waals surface area (Å²) in [7, 11) is 1.61. The number of nitrogens with one attached hydrogen (secondary N) is 2. The fourth-order valence-electron chi connectivity index (χ4n) is 6.82. The topological polar surface area (TPSA) is 136 Å². The summed E-state index contributed by atoms with van der Waals surface area (Å²) in [6, 6.07) is 12.0. The van der Waals surface area contributed by atoms with Crippen LogP contribution in [0.25, 0.3) is 28.0 Å². The Bertz CT molecular complexity index is 1840. The molecule has 1 saturated heterocycles. The summed E-state index contributed by atoms with van der Waals surface area (Å²) >= 11 is 0. The van der Waals surface area contributed by atoms with E-state index in [4.69, 9.17) is 16.2 Å². The molecule has 1 aliphatic carbocycles. The largest absolute Gasteiger partial charge is 0.496 e. The van der Waals surface area contributed by atoms with Crippen molar-refractivity contribution in [2.45, 2.75) is 89.0 Å². The highest BCUT2D eigenvalue weighted by Crippen LogP contribution is 2.37. The number of aryl methyl sites for hydroxylation is 1. The zero-order valence-electron chi connectivity index (χ0n) is 27.4. The van der Waals surface area contributed by atoms with Crippen molar-refractivity contribution in [1.29, 1.82) is 0 Å². The molecule has 256 valence electrons. The summed E-state index contributed by atoms with van der Waals surface area (Å²) < 4.78 is 49.0. The average Bonchev–Trinajstić information content (AvgIpc) is 3.83. The Kier molecular flexibility index (Phi) is 9.93. The van der Waals surface area contributed by atoms with Crippen molar-refractivity contribution < 1.29 is 17.9 Å². The van der Waals surface area contributed by atoms with E-state index >= 15 is 0 Å². The number of rotatable bonds is 12. The quantitative estimate of drug-likeness (QED) is 0.102. The van der Waals surface area contributed by atoms with Crippen molar-refractivity contribution in [2.75, 3.05) is 13.7 Å². The van der Waals surface area contributed by atoms with E-state index in [0.29, 0.717) is 70.1 Å². The fourth-order valence-corrected chi connectivity index (χ4v) is 6.82. The van der Waals surface area contributed by atoms with Crippen LogP contribution in [0.1, 0.15) is 81.0 Å². The van der Waals surface area contributed by atoms with Gasteiger partial charge in [0.15, 0.2) is 0 Å². The molecule has 3 heterocycles. The predicted molar refractivity (Wildman–Crippen MR) is 183 cm³/mol. The van der Waals surface area contributed by atoms with Crippen LogP contribution < -0.4 is 27.2 Å². The third-order valence-electron chi connectivity index (χ3n) is 9.56. The molecule has 2 aromatic heterocycles. The third kappa shape index (κ3) is 7.92. The lowest BCUT2D eigenvalue weighted by Gasteiger charge is -2.32. The van der Waals surface area contributed by atoms with Crippen molar-refractivity contribution in [2.24, 2.45) is 22.4 Å². The number of halogens is 3. The molecule has 1 aliphatic heterocycles. The van der Waals surface area contributed by atoms with Gasteiger partial charge in [-0.25, -0.2) is 4.79 Å². The Hall–Kier alpha value is -4.16. The summed E-state index contributed by atoms with van der Waals surface area (Å²) in [4.78, 5) is 24.9. The number of hydrogen-bond donors (Lipinski definition) is 4. The minimum Gasteiger partial charge on any atom is -0.496 e. The van der Waals surface area contributed by atoms with Gasteiger partial charge in [-0.1, -0.05) is 12.5 Å². The van der Waals surface area contributed by atoms with Gasteiger partial charge in [0, 0.05) is 53.6 Å². The number of methoxy groups -OCH3 is 1. The first kappa shape index (κ1) is 33.7. The SMILES string of the molecule is COc1cc(-n2cc3cc(-c4cc(CCCC(N)C5CC5)cc(C(F)(F)F)c4)[nH]c3nc2=O)ccc1[C@@H]1CCC[C@@H](CCN=C(C)N)N1. The summed E-state index contributed by atoms with van der Waals surface area (Å²) in [5.74, 6) is 1.78. The second-order valence-corrected chi connectivity index (χ2v) is 13.3. The first-order valence-corrected chi connectivity index (χ1v) is 16.8. The number of nitrogens with two attached hydrogens (primary N) is 2. The third-order valence-corrected chi connectivity index (χ3v) is 9.56. The molecule has 0 bridgehead atoms. The van der Waals surface area contributed by atoms with Crippen LogP contribution in [-0.2, 0) is 12.6 Å². The van der Waals surface area contributed by atoms with E-state index in [1.54, 1.807) is 32.4 Å². The first-order chi connectivity index (χ1) is 23.0. The van der Waals surface area contributed by atoms with Gasteiger partial charge in [-0.05, 0) is 106 Å². The predicted octanol–water partition coefficient (Wildman–Crippen LogP) is 6.42. The molecule has 0 spiro atoms. The minimum absolute atomic E-state index is 0.0903. The van der Waals surface area contributed by atoms with Crippen molar-refractivity contribution in [3.63, 3.8) is 0 Å². The summed E-state index contributed by atoms with van der Waals surface area (Å²) in [5, 5.41) is 4.31. The number of piperidine rings is 1. The summed E-state index contributed by atoms with van der Waals surface area (Å²) in [5.41, 5.74) is 14.0. The molecule has 48 heavy (non-hydrogen) atoms. The highest BCUT2D eigenvalue weighted by atomic mass is 19.4. The number of nitrogens with zero attached hydrogens (tertiary/aromatic N) is 3. The molecule has 2 aliphatic rings. The molecule has 1 unspecified atom stereocenters. The average molecular weight is 664 g/mol. The van der Waals surface area contributed by atoms with Crippen LogP contribution in [0, 0.1) is 5.92 Å². The van der Waals surface area contributed by atoms with Crippen LogP contribution >= 0.6 is 0 Å². The number of H-pyrrole nitrogens is 1.